The van der Waals surface area contributed by atoms with E-state index in [2.05, 4.69) is 4.74 Å². The number of halogens is 3. The van der Waals surface area contributed by atoms with Gasteiger partial charge in [-0.15, -0.1) is 0 Å². The van der Waals surface area contributed by atoms with Crippen molar-refractivity contribution in [3.63, 3.8) is 0 Å². The largest absolute Gasteiger partial charge is 0.481 e. The minimum atomic E-state index is -4.68. The van der Waals surface area contributed by atoms with E-state index in [9.17, 15) is 27.6 Å². The first-order chi connectivity index (χ1) is 11.4. The van der Waals surface area contributed by atoms with Gasteiger partial charge in [0, 0.05) is 5.56 Å². The predicted molar refractivity (Wildman–Crippen MR) is 82.6 cm³/mol. The third-order valence-corrected chi connectivity index (χ3v) is 3.33. The molecule has 0 aromatic heterocycles. The quantitative estimate of drug-likeness (QED) is 0.443. The van der Waals surface area contributed by atoms with Crippen molar-refractivity contribution in [3.8, 4) is 5.75 Å². The fourth-order valence-corrected chi connectivity index (χ4v) is 2.10. The van der Waals surface area contributed by atoms with Gasteiger partial charge < -0.3 is 9.47 Å². The van der Waals surface area contributed by atoms with Crippen molar-refractivity contribution in [2.24, 2.45) is 0 Å². The van der Waals surface area contributed by atoms with Crippen LogP contribution in [0.1, 0.15) is 43.1 Å². The maximum absolute atomic E-state index is 12.6. The Morgan fingerprint density at radius 3 is 2.24 bits per heavy atom. The first-order valence-corrected chi connectivity index (χ1v) is 7.34. The van der Waals surface area contributed by atoms with Gasteiger partial charge in [0.2, 0.25) is 5.78 Å². The molecule has 0 radical (unpaired) electrons. The minimum absolute atomic E-state index is 0.00963. The average Bonchev–Trinajstić information content (AvgIpc) is 2.50. The molecule has 0 fully saturated rings. The van der Waals surface area contributed by atoms with Crippen LogP contribution in [0.2, 0.25) is 0 Å². The van der Waals surface area contributed by atoms with Crippen molar-refractivity contribution in [1.29, 1.82) is 0 Å². The van der Waals surface area contributed by atoms with Crippen LogP contribution in [0.4, 0.5) is 13.2 Å². The number of carbonyl (C=O) groups excluding carboxylic acids is 3. The maximum atomic E-state index is 12.6. The van der Waals surface area contributed by atoms with Gasteiger partial charge in [-0.05, 0) is 23.6 Å². The lowest BCUT2D eigenvalue weighted by atomic mass is 9.85. The molecule has 0 unspecified atom stereocenters. The lowest BCUT2D eigenvalue weighted by Gasteiger charge is -2.26. The van der Waals surface area contributed by atoms with Gasteiger partial charge in [0.1, 0.15) is 5.75 Å². The fourth-order valence-electron chi connectivity index (χ4n) is 2.10. The highest BCUT2D eigenvalue weighted by Crippen LogP contribution is 2.34. The maximum Gasteiger partial charge on any atom is 0.393 e. The van der Waals surface area contributed by atoms with E-state index in [1.54, 1.807) is 20.8 Å². The SMILES string of the molecule is COC(=O)c1ccc(O[C@@H](CC(F)(F)F)C(=O)C=O)c(C(C)(C)C)c1. The van der Waals surface area contributed by atoms with Crippen LogP contribution in [0.5, 0.6) is 5.75 Å². The summed E-state index contributed by atoms with van der Waals surface area (Å²) in [6, 6.07) is 4.03. The highest BCUT2D eigenvalue weighted by molar-refractivity contribution is 6.27. The number of Topliss-reactive ketones (excluding diaryl/α,β-unsaturated/α-hetero) is 1. The average molecular weight is 360 g/mol. The second-order valence-corrected chi connectivity index (χ2v) is 6.40. The summed E-state index contributed by atoms with van der Waals surface area (Å²) in [6.07, 6.45) is -8.46. The predicted octanol–water partition coefficient (Wildman–Crippen LogP) is 3.24. The van der Waals surface area contributed by atoms with Gasteiger partial charge in [0.15, 0.2) is 12.4 Å². The molecular formula is C17H19F3O5. The zero-order valence-corrected chi connectivity index (χ0v) is 14.3. The molecule has 0 aliphatic rings. The number of ether oxygens (including phenoxy) is 2. The van der Waals surface area contributed by atoms with Crippen molar-refractivity contribution in [2.45, 2.75) is 44.9 Å². The highest BCUT2D eigenvalue weighted by Gasteiger charge is 2.37. The molecule has 0 spiro atoms. The van der Waals surface area contributed by atoms with Crippen molar-refractivity contribution < 1.29 is 37.0 Å². The number of hydrogen-bond acceptors (Lipinski definition) is 5. The number of aldehydes is 1. The molecule has 5 nitrogen and oxygen atoms in total. The third kappa shape index (κ3) is 5.88. The number of hydrogen-bond donors (Lipinski definition) is 0. The minimum Gasteiger partial charge on any atom is -0.481 e. The number of alkyl halides is 3. The molecule has 1 rings (SSSR count). The topological polar surface area (TPSA) is 69.7 Å². The van der Waals surface area contributed by atoms with Crippen molar-refractivity contribution in [1.82, 2.24) is 0 Å². The van der Waals surface area contributed by atoms with E-state index in [0.29, 0.717) is 5.56 Å². The first-order valence-electron chi connectivity index (χ1n) is 7.34. The van der Waals surface area contributed by atoms with Crippen LogP contribution in [0, 0.1) is 0 Å². The van der Waals surface area contributed by atoms with Gasteiger partial charge in [-0.2, -0.15) is 13.2 Å². The summed E-state index contributed by atoms with van der Waals surface area (Å²) in [5.74, 6) is -1.94. The molecule has 8 heteroatoms. The van der Waals surface area contributed by atoms with E-state index in [0.717, 1.165) is 0 Å². The molecule has 0 bridgehead atoms. The van der Waals surface area contributed by atoms with Gasteiger partial charge in [-0.25, -0.2) is 4.79 Å². The summed E-state index contributed by atoms with van der Waals surface area (Å²) >= 11 is 0. The van der Waals surface area contributed by atoms with E-state index in [4.69, 9.17) is 4.74 Å². The molecule has 1 atom stereocenters. The van der Waals surface area contributed by atoms with Crippen LogP contribution in [0.25, 0.3) is 0 Å². The van der Waals surface area contributed by atoms with Gasteiger partial charge >= 0.3 is 12.1 Å². The Morgan fingerprint density at radius 1 is 1.20 bits per heavy atom. The second kappa shape index (κ2) is 7.67. The van der Waals surface area contributed by atoms with Crippen LogP contribution in [-0.2, 0) is 19.7 Å². The van der Waals surface area contributed by atoms with E-state index in [1.165, 1.54) is 25.3 Å². The Kier molecular flexibility index (Phi) is 6.34. The monoisotopic (exact) mass is 360 g/mol. The van der Waals surface area contributed by atoms with Gasteiger partial charge in [0.05, 0.1) is 19.1 Å². The number of carbonyl (C=O) groups is 3. The van der Waals surface area contributed by atoms with Crippen LogP contribution in [0.15, 0.2) is 18.2 Å². The zero-order chi connectivity index (χ0) is 19.4. The second-order valence-electron chi connectivity index (χ2n) is 6.40. The van der Waals surface area contributed by atoms with Gasteiger partial charge in [-0.3, -0.25) is 9.59 Å². The van der Waals surface area contributed by atoms with Crippen molar-refractivity contribution in [2.75, 3.05) is 7.11 Å². The molecule has 0 aliphatic carbocycles. The number of benzene rings is 1. The van der Waals surface area contributed by atoms with E-state index in [1.807, 2.05) is 0 Å². The van der Waals surface area contributed by atoms with Crippen LogP contribution in [-0.4, -0.2) is 37.4 Å². The fraction of sp³-hybridized carbons (Fsp3) is 0.471. The summed E-state index contributed by atoms with van der Waals surface area (Å²) < 4.78 is 47.8. The van der Waals surface area contributed by atoms with Gasteiger partial charge in [-0.1, -0.05) is 20.8 Å². The molecule has 0 heterocycles. The lowest BCUT2D eigenvalue weighted by molar-refractivity contribution is -0.160. The Morgan fingerprint density at radius 2 is 1.80 bits per heavy atom. The number of ketones is 1. The van der Waals surface area contributed by atoms with E-state index >= 15 is 0 Å². The zero-order valence-electron chi connectivity index (χ0n) is 14.3. The van der Waals surface area contributed by atoms with E-state index in [-0.39, 0.29) is 17.6 Å². The van der Waals surface area contributed by atoms with Crippen LogP contribution >= 0.6 is 0 Å². The molecular weight excluding hydrogens is 341 g/mol. The molecule has 25 heavy (non-hydrogen) atoms. The smallest absolute Gasteiger partial charge is 0.393 e. The van der Waals surface area contributed by atoms with Crippen molar-refractivity contribution in [3.05, 3.63) is 29.3 Å². The van der Waals surface area contributed by atoms with E-state index < -0.39 is 35.9 Å². The molecule has 0 amide bonds. The highest BCUT2D eigenvalue weighted by atomic mass is 19.4. The Bertz CT molecular complexity index is 659. The number of rotatable bonds is 6. The number of methoxy groups -OCH3 is 1. The standard InChI is InChI=1S/C17H19F3O5/c1-16(2,3)11-7-10(15(23)24-4)5-6-13(11)25-14(12(22)9-21)8-17(18,19)20/h5-7,9,14H,8H2,1-4H3/t14-/m0/s1. The Labute approximate surface area is 143 Å². The molecule has 1 aromatic rings. The Hall–Kier alpha value is -2.38. The molecule has 138 valence electrons. The third-order valence-electron chi connectivity index (χ3n) is 3.33. The number of esters is 1. The summed E-state index contributed by atoms with van der Waals surface area (Å²) in [4.78, 5) is 33.8. The van der Waals surface area contributed by atoms with Crippen LogP contribution < -0.4 is 4.74 Å². The first kappa shape index (κ1) is 20.7. The molecule has 0 N–H and O–H groups in total. The van der Waals surface area contributed by atoms with Gasteiger partial charge in [0.25, 0.3) is 0 Å². The Balaban J connectivity index is 3.31. The molecule has 0 saturated heterocycles. The summed E-state index contributed by atoms with van der Waals surface area (Å²) in [6.45, 7) is 5.28. The summed E-state index contributed by atoms with van der Waals surface area (Å²) in [5.41, 5.74) is -0.0121. The molecule has 0 saturated carbocycles. The molecule has 1 aromatic carbocycles. The summed E-state index contributed by atoms with van der Waals surface area (Å²) in [7, 11) is 1.20. The molecule has 0 aliphatic heterocycles. The van der Waals surface area contributed by atoms with Crippen LogP contribution in [0.3, 0.4) is 0 Å². The normalized spacial score (nSPS) is 13.1. The van der Waals surface area contributed by atoms with Crippen molar-refractivity contribution >= 4 is 18.0 Å². The lowest BCUT2D eigenvalue weighted by Crippen LogP contribution is -2.34. The summed E-state index contributed by atoms with van der Waals surface area (Å²) in [5, 5.41) is 0.